The molecule has 1 heterocycles. The van der Waals surface area contributed by atoms with Gasteiger partial charge in [0.15, 0.2) is 0 Å². The van der Waals surface area contributed by atoms with Crippen LogP contribution in [-0.4, -0.2) is 54.2 Å². The number of ether oxygens (including phenoxy) is 1. The molecule has 2 N–H and O–H groups in total. The van der Waals surface area contributed by atoms with Gasteiger partial charge >= 0.3 is 12.1 Å². The molecule has 7 heteroatoms. The van der Waals surface area contributed by atoms with Gasteiger partial charge in [-0.3, -0.25) is 9.59 Å². The molecule has 1 atom stereocenters. The van der Waals surface area contributed by atoms with Gasteiger partial charge in [0.05, 0.1) is 11.3 Å². The maximum Gasteiger partial charge on any atom is 0.407 e. The molecule has 1 aliphatic heterocycles. The summed E-state index contributed by atoms with van der Waals surface area (Å²) in [6, 6.07) is 16.3. The minimum atomic E-state index is -0.853. The van der Waals surface area contributed by atoms with E-state index in [1.165, 1.54) is 11.1 Å². The molecule has 2 aromatic rings. The Labute approximate surface area is 192 Å². The van der Waals surface area contributed by atoms with Crippen molar-refractivity contribution in [3.63, 3.8) is 0 Å². The molecule has 1 saturated heterocycles. The molecule has 0 aromatic heterocycles. The van der Waals surface area contributed by atoms with Crippen molar-refractivity contribution in [2.75, 3.05) is 26.2 Å². The lowest BCUT2D eigenvalue weighted by atomic mass is 9.96. The van der Waals surface area contributed by atoms with E-state index in [0.29, 0.717) is 32.2 Å². The molecule has 33 heavy (non-hydrogen) atoms. The largest absolute Gasteiger partial charge is 0.481 e. The zero-order chi connectivity index (χ0) is 23.0. The molecule has 5 rings (SSSR count). The number of rotatable bonds is 6. The number of carbonyl (C=O) groups is 3. The van der Waals surface area contributed by atoms with Crippen molar-refractivity contribution in [3.8, 4) is 11.1 Å². The second-order valence-electron chi connectivity index (χ2n) is 9.39. The predicted octanol–water partition coefficient (Wildman–Crippen LogP) is 3.63. The average molecular weight is 449 g/mol. The summed E-state index contributed by atoms with van der Waals surface area (Å²) in [6.07, 6.45) is 2.16. The van der Waals surface area contributed by atoms with Gasteiger partial charge in [0.2, 0.25) is 5.91 Å². The van der Waals surface area contributed by atoms with Crippen molar-refractivity contribution in [2.24, 2.45) is 11.3 Å². The summed E-state index contributed by atoms with van der Waals surface area (Å²) in [7, 11) is 0. The number of nitrogens with zero attached hydrogens (tertiary/aromatic N) is 1. The molecule has 2 fully saturated rings. The quantitative estimate of drug-likeness (QED) is 0.704. The molecule has 0 spiro atoms. The summed E-state index contributed by atoms with van der Waals surface area (Å²) in [5, 5.41) is 12.1. The zero-order valence-corrected chi connectivity index (χ0v) is 18.5. The fourth-order valence-corrected chi connectivity index (χ4v) is 5.21. The van der Waals surface area contributed by atoms with Gasteiger partial charge in [0.25, 0.3) is 0 Å². The van der Waals surface area contributed by atoms with E-state index in [1.54, 1.807) is 4.90 Å². The van der Waals surface area contributed by atoms with E-state index in [0.717, 1.165) is 11.1 Å². The number of hydrogen-bond donors (Lipinski definition) is 2. The van der Waals surface area contributed by atoms with Crippen LogP contribution in [0.25, 0.3) is 11.1 Å². The number of amides is 2. The molecule has 7 nitrogen and oxygen atoms in total. The van der Waals surface area contributed by atoms with Crippen molar-refractivity contribution in [2.45, 2.75) is 31.6 Å². The smallest absolute Gasteiger partial charge is 0.407 e. The summed E-state index contributed by atoms with van der Waals surface area (Å²) in [6.45, 7) is 1.28. The van der Waals surface area contributed by atoms with Crippen LogP contribution in [0.4, 0.5) is 4.79 Å². The van der Waals surface area contributed by atoms with Crippen LogP contribution < -0.4 is 5.32 Å². The van der Waals surface area contributed by atoms with Gasteiger partial charge in [-0.05, 0) is 47.9 Å². The Kier molecular flexibility index (Phi) is 5.56. The lowest BCUT2D eigenvalue weighted by Gasteiger charge is -2.33. The maximum atomic E-state index is 13.0. The highest BCUT2D eigenvalue weighted by molar-refractivity contribution is 5.87. The van der Waals surface area contributed by atoms with Crippen LogP contribution >= 0.6 is 0 Å². The third-order valence-corrected chi connectivity index (χ3v) is 7.28. The average Bonchev–Trinajstić information content (AvgIpc) is 3.57. The number of carboxylic acid groups (broad SMARTS) is 1. The Morgan fingerprint density at radius 3 is 2.27 bits per heavy atom. The van der Waals surface area contributed by atoms with E-state index in [-0.39, 0.29) is 31.5 Å². The topological polar surface area (TPSA) is 95.9 Å². The number of likely N-dealkylation sites (tertiary alicyclic amines) is 1. The van der Waals surface area contributed by atoms with Crippen molar-refractivity contribution in [1.82, 2.24) is 10.2 Å². The second-order valence-corrected chi connectivity index (χ2v) is 9.39. The first-order valence-electron chi connectivity index (χ1n) is 11.6. The summed E-state index contributed by atoms with van der Waals surface area (Å²) < 4.78 is 5.58. The van der Waals surface area contributed by atoms with Crippen molar-refractivity contribution >= 4 is 18.0 Å². The van der Waals surface area contributed by atoms with E-state index in [4.69, 9.17) is 4.74 Å². The van der Waals surface area contributed by atoms with Crippen molar-refractivity contribution in [3.05, 3.63) is 59.7 Å². The predicted molar refractivity (Wildman–Crippen MR) is 122 cm³/mol. The second kappa shape index (κ2) is 8.54. The van der Waals surface area contributed by atoms with Gasteiger partial charge < -0.3 is 20.1 Å². The fraction of sp³-hybridized carbons (Fsp3) is 0.423. The minimum absolute atomic E-state index is 0.0130. The first-order chi connectivity index (χ1) is 16.0. The van der Waals surface area contributed by atoms with Crippen LogP contribution in [0, 0.1) is 11.3 Å². The van der Waals surface area contributed by atoms with Crippen LogP contribution in [0.1, 0.15) is 42.7 Å². The molecular formula is C26H28N2O5. The fourth-order valence-electron chi connectivity index (χ4n) is 5.21. The summed E-state index contributed by atoms with van der Waals surface area (Å²) in [5.74, 6) is -1.42. The Hall–Kier alpha value is -3.35. The van der Waals surface area contributed by atoms with Gasteiger partial charge in [0, 0.05) is 25.6 Å². The van der Waals surface area contributed by atoms with Crippen molar-refractivity contribution < 1.29 is 24.2 Å². The minimum Gasteiger partial charge on any atom is -0.481 e. The van der Waals surface area contributed by atoms with E-state index in [1.807, 2.05) is 24.3 Å². The Morgan fingerprint density at radius 2 is 1.67 bits per heavy atom. The molecule has 0 unspecified atom stereocenters. The lowest BCUT2D eigenvalue weighted by molar-refractivity contribution is -0.147. The molecule has 2 amide bonds. The SMILES string of the molecule is O=C(NCC1(C(=O)N2CCC[C@@H](C(=O)O)C2)CC1)OCC1c2ccccc2-c2ccccc21. The maximum absolute atomic E-state index is 13.0. The summed E-state index contributed by atoms with van der Waals surface area (Å²) >= 11 is 0. The van der Waals surface area contributed by atoms with Gasteiger partial charge in [-0.25, -0.2) is 4.79 Å². The van der Waals surface area contributed by atoms with Gasteiger partial charge in [-0.15, -0.1) is 0 Å². The molecule has 3 aliphatic rings. The molecule has 0 radical (unpaired) electrons. The zero-order valence-electron chi connectivity index (χ0n) is 18.5. The van der Waals surface area contributed by atoms with Crippen LogP contribution in [-0.2, 0) is 14.3 Å². The highest BCUT2D eigenvalue weighted by Crippen LogP contribution is 2.47. The Bertz CT molecular complexity index is 1050. The number of aliphatic carboxylic acids is 1. The number of carboxylic acids is 1. The monoisotopic (exact) mass is 448 g/mol. The number of carbonyl (C=O) groups excluding carboxylic acids is 2. The number of alkyl carbamates (subject to hydrolysis) is 1. The normalized spacial score (nSPS) is 20.5. The van der Waals surface area contributed by atoms with Crippen molar-refractivity contribution in [1.29, 1.82) is 0 Å². The van der Waals surface area contributed by atoms with Gasteiger partial charge in [-0.2, -0.15) is 0 Å². The third kappa shape index (κ3) is 4.08. The molecular weight excluding hydrogens is 420 g/mol. The first-order valence-corrected chi connectivity index (χ1v) is 11.6. The van der Waals surface area contributed by atoms with Crippen LogP contribution in [0.15, 0.2) is 48.5 Å². The highest BCUT2D eigenvalue weighted by Gasteiger charge is 2.52. The van der Waals surface area contributed by atoms with E-state index < -0.39 is 23.4 Å². The Balaban J connectivity index is 1.17. The third-order valence-electron chi connectivity index (χ3n) is 7.28. The highest BCUT2D eigenvalue weighted by atomic mass is 16.5. The van der Waals surface area contributed by atoms with Gasteiger partial charge in [0.1, 0.15) is 6.61 Å². The molecule has 2 aliphatic carbocycles. The van der Waals surface area contributed by atoms with E-state index in [9.17, 15) is 19.5 Å². The molecule has 2 aromatic carbocycles. The molecule has 172 valence electrons. The number of nitrogens with one attached hydrogen (secondary N) is 1. The first kappa shape index (κ1) is 21.5. The Morgan fingerprint density at radius 1 is 1.03 bits per heavy atom. The number of fused-ring (bicyclic) bond motifs is 3. The van der Waals surface area contributed by atoms with E-state index >= 15 is 0 Å². The van der Waals surface area contributed by atoms with Crippen LogP contribution in [0.3, 0.4) is 0 Å². The van der Waals surface area contributed by atoms with E-state index in [2.05, 4.69) is 29.6 Å². The molecule has 1 saturated carbocycles. The summed E-state index contributed by atoms with van der Waals surface area (Å²) in [4.78, 5) is 38.5. The standard InChI is InChI=1S/C26H28N2O5/c29-23(30)17-6-5-13-28(14-17)24(31)26(11-12-26)16-27-25(32)33-15-22-20-9-3-1-7-18(20)19-8-2-4-10-21(19)22/h1-4,7-10,17,22H,5-6,11-16H2,(H,27,32)(H,29,30)/t17-/m1/s1. The molecule has 0 bridgehead atoms. The lowest BCUT2D eigenvalue weighted by Crippen LogP contribution is -2.48. The van der Waals surface area contributed by atoms with Crippen LogP contribution in [0.5, 0.6) is 0 Å². The number of hydrogen-bond acceptors (Lipinski definition) is 4. The number of benzene rings is 2. The van der Waals surface area contributed by atoms with Gasteiger partial charge in [-0.1, -0.05) is 48.5 Å². The summed E-state index contributed by atoms with van der Waals surface area (Å²) in [5.41, 5.74) is 4.03. The number of piperidine rings is 1. The van der Waals surface area contributed by atoms with Crippen LogP contribution in [0.2, 0.25) is 0 Å².